The molecule has 0 saturated heterocycles. The van der Waals surface area contributed by atoms with Gasteiger partial charge in [0.25, 0.3) is 0 Å². The minimum absolute atomic E-state index is 0.0297. The van der Waals surface area contributed by atoms with E-state index in [2.05, 4.69) is 16.8 Å². The van der Waals surface area contributed by atoms with E-state index in [1.807, 2.05) is 0 Å². The first kappa shape index (κ1) is 8.21. The third-order valence-corrected chi connectivity index (χ3v) is 1.90. The highest BCUT2D eigenvalue weighted by atomic mass is 32.1. The highest BCUT2D eigenvalue weighted by Gasteiger charge is 1.95. The lowest BCUT2D eigenvalue weighted by Gasteiger charge is -1.78. The smallest absolute Gasteiger partial charge is 0.167 e. The van der Waals surface area contributed by atoms with Crippen molar-refractivity contribution in [1.82, 2.24) is 4.98 Å². The molecule has 0 fully saturated rings. The van der Waals surface area contributed by atoms with Crippen molar-refractivity contribution in [2.24, 2.45) is 5.73 Å². The molecule has 0 spiro atoms. The quantitative estimate of drug-likeness (QED) is 0.578. The normalized spacial score (nSPS) is 8.91. The van der Waals surface area contributed by atoms with Gasteiger partial charge in [0.2, 0.25) is 0 Å². The average Bonchev–Trinajstić information content (AvgIpc) is 2.48. The van der Waals surface area contributed by atoms with Gasteiger partial charge in [0.1, 0.15) is 0 Å². The molecule has 1 heterocycles. The Morgan fingerprint density at radius 2 is 2.55 bits per heavy atom. The molecule has 58 valence electrons. The summed E-state index contributed by atoms with van der Waals surface area (Å²) >= 11 is 1.38. The van der Waals surface area contributed by atoms with E-state index in [4.69, 9.17) is 10.8 Å². The zero-order chi connectivity index (χ0) is 8.10. The fourth-order valence-electron chi connectivity index (χ4n) is 0.565. The van der Waals surface area contributed by atoms with Crippen LogP contribution in [0.1, 0.15) is 9.88 Å². The molecule has 0 radical (unpaired) electrons. The van der Waals surface area contributed by atoms with Crippen molar-refractivity contribution in [2.45, 2.75) is 6.61 Å². The second kappa shape index (κ2) is 4.09. The maximum absolute atomic E-state index is 8.67. The maximum atomic E-state index is 8.67. The molecule has 0 amide bonds. The van der Waals surface area contributed by atoms with Crippen molar-refractivity contribution in [1.29, 1.82) is 0 Å². The molecule has 0 aliphatic carbocycles. The molecule has 0 unspecified atom stereocenters. The summed E-state index contributed by atoms with van der Waals surface area (Å²) < 4.78 is 0. The van der Waals surface area contributed by atoms with Crippen LogP contribution in [0.25, 0.3) is 0 Å². The van der Waals surface area contributed by atoms with Gasteiger partial charge in [-0.1, -0.05) is 5.92 Å². The van der Waals surface area contributed by atoms with Crippen LogP contribution in [-0.4, -0.2) is 16.6 Å². The number of rotatable bonds is 1. The highest BCUT2D eigenvalue weighted by molar-refractivity contribution is 7.12. The van der Waals surface area contributed by atoms with Crippen LogP contribution in [0.2, 0.25) is 0 Å². The van der Waals surface area contributed by atoms with Crippen molar-refractivity contribution in [3.63, 3.8) is 0 Å². The summed E-state index contributed by atoms with van der Waals surface area (Å²) in [4.78, 5) is 4.78. The van der Waals surface area contributed by atoms with Crippen LogP contribution in [0.5, 0.6) is 0 Å². The van der Waals surface area contributed by atoms with Gasteiger partial charge in [0.15, 0.2) is 5.01 Å². The molecule has 0 atom stereocenters. The van der Waals surface area contributed by atoms with Gasteiger partial charge in [0.05, 0.1) is 18.0 Å². The Bertz CT molecular complexity index is 284. The van der Waals surface area contributed by atoms with Crippen LogP contribution in [-0.2, 0) is 6.61 Å². The molecule has 11 heavy (non-hydrogen) atoms. The van der Waals surface area contributed by atoms with E-state index < -0.39 is 0 Å². The van der Waals surface area contributed by atoms with Gasteiger partial charge in [-0.25, -0.2) is 4.98 Å². The topological polar surface area (TPSA) is 59.1 Å². The van der Waals surface area contributed by atoms with Crippen molar-refractivity contribution in [3.8, 4) is 11.8 Å². The van der Waals surface area contributed by atoms with E-state index in [0.29, 0.717) is 11.6 Å². The van der Waals surface area contributed by atoms with Crippen LogP contribution in [0.3, 0.4) is 0 Å². The van der Waals surface area contributed by atoms with Crippen molar-refractivity contribution in [3.05, 3.63) is 16.1 Å². The predicted octanol–water partition coefficient (Wildman–Crippen LogP) is -0.0544. The van der Waals surface area contributed by atoms with Crippen molar-refractivity contribution in [2.75, 3.05) is 6.54 Å². The van der Waals surface area contributed by atoms with Crippen molar-refractivity contribution < 1.29 is 5.11 Å². The fraction of sp³-hybridized carbons (Fsp3) is 0.286. The second-order valence-corrected chi connectivity index (χ2v) is 2.91. The average molecular weight is 168 g/mol. The lowest BCUT2D eigenvalue weighted by Crippen LogP contribution is -1.92. The number of aliphatic hydroxyl groups excluding tert-OH is 1. The Labute approximate surface area is 68.9 Å². The summed E-state index contributed by atoms with van der Waals surface area (Å²) in [6, 6.07) is 0. The van der Waals surface area contributed by atoms with Gasteiger partial charge in [-0.05, 0) is 5.92 Å². The summed E-state index contributed by atoms with van der Waals surface area (Å²) in [5.74, 6) is 5.47. The summed E-state index contributed by atoms with van der Waals surface area (Å²) in [5.41, 5.74) is 5.17. The van der Waals surface area contributed by atoms with E-state index in [9.17, 15) is 0 Å². The Kier molecular flexibility index (Phi) is 3.05. The molecule has 4 heteroatoms. The molecular weight excluding hydrogens is 160 g/mol. The number of nitrogens with two attached hydrogens (primary N) is 1. The molecular formula is C7H8N2OS. The lowest BCUT2D eigenvalue weighted by molar-refractivity contribution is 0.285. The molecule has 3 N–H and O–H groups in total. The summed E-state index contributed by atoms with van der Waals surface area (Å²) in [6.45, 7) is 0.371. The molecule has 0 saturated carbocycles. The van der Waals surface area contributed by atoms with Gasteiger partial charge >= 0.3 is 0 Å². The second-order valence-electron chi connectivity index (χ2n) is 1.80. The van der Waals surface area contributed by atoms with Gasteiger partial charge < -0.3 is 10.8 Å². The monoisotopic (exact) mass is 168 g/mol. The van der Waals surface area contributed by atoms with E-state index in [-0.39, 0.29) is 6.61 Å². The number of aliphatic hydroxyl groups is 1. The number of hydrogen-bond donors (Lipinski definition) is 2. The Morgan fingerprint density at radius 3 is 3.09 bits per heavy atom. The van der Waals surface area contributed by atoms with Crippen LogP contribution in [0.15, 0.2) is 6.20 Å². The van der Waals surface area contributed by atoms with Gasteiger partial charge in [-0.2, -0.15) is 0 Å². The van der Waals surface area contributed by atoms with Crippen LogP contribution >= 0.6 is 11.3 Å². The molecule has 0 aromatic carbocycles. The minimum Gasteiger partial charge on any atom is -0.391 e. The molecule has 0 bridgehead atoms. The Balaban J connectivity index is 2.72. The third kappa shape index (κ3) is 2.31. The SMILES string of the molecule is NCC#Cc1ncc(CO)s1. The summed E-state index contributed by atoms with van der Waals surface area (Å²) in [5, 5.41) is 9.38. The predicted molar refractivity (Wildman–Crippen MR) is 44.0 cm³/mol. The molecule has 1 aromatic rings. The molecule has 0 aliphatic heterocycles. The number of thiazole rings is 1. The number of hydrogen-bond acceptors (Lipinski definition) is 4. The number of aromatic nitrogens is 1. The zero-order valence-electron chi connectivity index (χ0n) is 5.87. The number of nitrogens with zero attached hydrogens (tertiary/aromatic N) is 1. The zero-order valence-corrected chi connectivity index (χ0v) is 6.69. The summed E-state index contributed by atoms with van der Waals surface area (Å²) in [6.07, 6.45) is 1.62. The first-order valence-electron chi connectivity index (χ1n) is 3.11. The van der Waals surface area contributed by atoms with E-state index in [1.165, 1.54) is 11.3 Å². The standard InChI is InChI=1S/C7H8N2OS/c8-3-1-2-7-9-4-6(5-10)11-7/h4,10H,3,5,8H2. The molecule has 0 aliphatic rings. The van der Waals surface area contributed by atoms with Gasteiger partial charge in [-0.3, -0.25) is 0 Å². The lowest BCUT2D eigenvalue weighted by atomic mass is 10.6. The Morgan fingerprint density at radius 1 is 1.73 bits per heavy atom. The largest absolute Gasteiger partial charge is 0.391 e. The van der Waals surface area contributed by atoms with E-state index in [1.54, 1.807) is 6.20 Å². The van der Waals surface area contributed by atoms with E-state index >= 15 is 0 Å². The maximum Gasteiger partial charge on any atom is 0.167 e. The highest BCUT2D eigenvalue weighted by Crippen LogP contribution is 2.10. The minimum atomic E-state index is 0.0297. The van der Waals surface area contributed by atoms with E-state index in [0.717, 1.165) is 4.88 Å². The molecule has 3 nitrogen and oxygen atoms in total. The van der Waals surface area contributed by atoms with Gasteiger partial charge in [-0.15, -0.1) is 11.3 Å². The third-order valence-electron chi connectivity index (χ3n) is 1.01. The Hall–Kier alpha value is -0.890. The van der Waals surface area contributed by atoms with Crippen molar-refractivity contribution >= 4 is 11.3 Å². The summed E-state index contributed by atoms with van der Waals surface area (Å²) in [7, 11) is 0. The molecule has 1 rings (SSSR count). The van der Waals surface area contributed by atoms with Crippen LogP contribution in [0, 0.1) is 11.8 Å². The molecule has 1 aromatic heterocycles. The fourth-order valence-corrected chi connectivity index (χ4v) is 1.21. The first-order valence-corrected chi connectivity index (χ1v) is 3.93. The first-order chi connectivity index (χ1) is 5.36. The van der Waals surface area contributed by atoms with Gasteiger partial charge in [0, 0.05) is 6.20 Å². The van der Waals surface area contributed by atoms with Crippen LogP contribution in [0.4, 0.5) is 0 Å². The van der Waals surface area contributed by atoms with Crippen LogP contribution < -0.4 is 5.73 Å².